The van der Waals surface area contributed by atoms with E-state index in [2.05, 4.69) is 6.92 Å². The number of rotatable bonds is 8. The summed E-state index contributed by atoms with van der Waals surface area (Å²) in [5, 5.41) is 11.6. The molecule has 29 heavy (non-hydrogen) atoms. The fraction of sp³-hybridized carbons (Fsp3) is 0.208. The first-order chi connectivity index (χ1) is 14.1. The monoisotopic (exact) mass is 392 g/mol. The number of carboxylic acid groups (broad SMARTS) is 1. The number of methoxy groups -OCH3 is 2. The predicted molar refractivity (Wildman–Crippen MR) is 114 cm³/mol. The van der Waals surface area contributed by atoms with Gasteiger partial charge in [-0.15, -0.1) is 0 Å². The highest BCUT2D eigenvalue weighted by Crippen LogP contribution is 2.41. The van der Waals surface area contributed by atoms with Crippen molar-refractivity contribution in [1.29, 1.82) is 0 Å². The standard InChI is InChI=1S/C24H24O5/c1-4-16-11-8-12-19-18(13-20(24(25)26)17-9-6-5-7-10-17)14-21(28-3)23(22(16)19)29-15-27-2/h5-14H,4,15H2,1-3H3,(H,25,26)/b20-13-. The first kappa shape index (κ1) is 20.4. The Hall–Kier alpha value is -3.31. The molecule has 0 aliphatic rings. The molecule has 0 bridgehead atoms. The van der Waals surface area contributed by atoms with Crippen LogP contribution in [0, 0.1) is 0 Å². The number of hydrogen-bond acceptors (Lipinski definition) is 4. The highest BCUT2D eigenvalue weighted by atomic mass is 16.7. The van der Waals surface area contributed by atoms with Crippen molar-refractivity contribution in [2.45, 2.75) is 13.3 Å². The average molecular weight is 392 g/mol. The molecule has 0 spiro atoms. The van der Waals surface area contributed by atoms with Crippen molar-refractivity contribution < 1.29 is 24.1 Å². The topological polar surface area (TPSA) is 65.0 Å². The second-order valence-corrected chi connectivity index (χ2v) is 6.47. The minimum atomic E-state index is -0.991. The van der Waals surface area contributed by atoms with Gasteiger partial charge in [-0.3, -0.25) is 0 Å². The number of fused-ring (bicyclic) bond motifs is 1. The molecular formula is C24H24O5. The molecule has 0 radical (unpaired) electrons. The number of carbonyl (C=O) groups is 1. The second-order valence-electron chi connectivity index (χ2n) is 6.47. The lowest BCUT2D eigenvalue weighted by molar-refractivity contribution is -0.130. The Morgan fingerprint density at radius 1 is 1.07 bits per heavy atom. The fourth-order valence-corrected chi connectivity index (χ4v) is 3.39. The Kier molecular flexibility index (Phi) is 6.52. The van der Waals surface area contributed by atoms with Crippen LogP contribution in [0.5, 0.6) is 11.5 Å². The molecule has 0 amide bonds. The van der Waals surface area contributed by atoms with E-state index in [1.54, 1.807) is 38.5 Å². The summed E-state index contributed by atoms with van der Waals surface area (Å²) in [6.07, 6.45) is 2.48. The van der Waals surface area contributed by atoms with E-state index >= 15 is 0 Å². The lowest BCUT2D eigenvalue weighted by atomic mass is 9.94. The lowest BCUT2D eigenvalue weighted by Crippen LogP contribution is -2.04. The average Bonchev–Trinajstić information content (AvgIpc) is 2.75. The highest BCUT2D eigenvalue weighted by Gasteiger charge is 2.18. The van der Waals surface area contributed by atoms with Gasteiger partial charge in [0.2, 0.25) is 0 Å². The van der Waals surface area contributed by atoms with Crippen LogP contribution >= 0.6 is 0 Å². The molecule has 3 rings (SSSR count). The Morgan fingerprint density at radius 3 is 2.45 bits per heavy atom. The molecule has 0 aliphatic heterocycles. The van der Waals surface area contributed by atoms with Gasteiger partial charge in [0.25, 0.3) is 0 Å². The summed E-state index contributed by atoms with van der Waals surface area (Å²) in [5.41, 5.74) is 2.68. The summed E-state index contributed by atoms with van der Waals surface area (Å²) in [6.45, 7) is 2.15. The number of carboxylic acids is 1. The molecule has 3 aromatic carbocycles. The van der Waals surface area contributed by atoms with Crippen molar-refractivity contribution in [1.82, 2.24) is 0 Å². The van der Waals surface area contributed by atoms with Gasteiger partial charge in [0.05, 0.1) is 12.7 Å². The van der Waals surface area contributed by atoms with Crippen molar-refractivity contribution in [2.75, 3.05) is 21.0 Å². The normalized spacial score (nSPS) is 11.5. The Labute approximate surface area is 170 Å². The van der Waals surface area contributed by atoms with Crippen LogP contribution in [0.3, 0.4) is 0 Å². The number of ether oxygens (including phenoxy) is 3. The third kappa shape index (κ3) is 4.25. The number of aryl methyl sites for hydroxylation is 1. The molecule has 0 saturated heterocycles. The molecule has 0 fully saturated rings. The zero-order chi connectivity index (χ0) is 20.8. The Balaban J connectivity index is 2.32. The van der Waals surface area contributed by atoms with Gasteiger partial charge >= 0.3 is 5.97 Å². The first-order valence-corrected chi connectivity index (χ1v) is 9.35. The second kappa shape index (κ2) is 9.26. The molecule has 5 nitrogen and oxygen atoms in total. The SMILES string of the molecule is CCc1cccc2c(/C=C(\C(=O)O)c3ccccc3)cc(OC)c(OCOC)c12. The van der Waals surface area contributed by atoms with Gasteiger partial charge < -0.3 is 19.3 Å². The molecule has 150 valence electrons. The predicted octanol–water partition coefficient (Wildman–Crippen LogP) is 5.02. The van der Waals surface area contributed by atoms with Crippen LogP contribution in [0.4, 0.5) is 0 Å². The third-order valence-corrected chi connectivity index (χ3v) is 4.74. The van der Waals surface area contributed by atoms with Crippen molar-refractivity contribution >= 4 is 28.4 Å². The molecule has 0 aliphatic carbocycles. The van der Waals surface area contributed by atoms with Gasteiger partial charge in [-0.1, -0.05) is 55.5 Å². The van der Waals surface area contributed by atoms with E-state index in [0.717, 1.165) is 28.3 Å². The number of benzene rings is 3. The van der Waals surface area contributed by atoms with Gasteiger partial charge in [-0.25, -0.2) is 4.79 Å². The van der Waals surface area contributed by atoms with E-state index < -0.39 is 5.97 Å². The zero-order valence-electron chi connectivity index (χ0n) is 16.8. The van der Waals surface area contributed by atoms with Crippen molar-refractivity contribution in [3.05, 3.63) is 71.3 Å². The number of aliphatic carboxylic acids is 1. The van der Waals surface area contributed by atoms with Crippen LogP contribution < -0.4 is 9.47 Å². The van der Waals surface area contributed by atoms with E-state index in [4.69, 9.17) is 14.2 Å². The summed E-state index contributed by atoms with van der Waals surface area (Å²) < 4.78 is 16.5. The molecule has 0 aromatic heterocycles. The van der Waals surface area contributed by atoms with Crippen LogP contribution in [-0.4, -0.2) is 32.1 Å². The largest absolute Gasteiger partial charge is 0.493 e. The highest BCUT2D eigenvalue weighted by molar-refractivity contribution is 6.21. The molecule has 0 unspecified atom stereocenters. The lowest BCUT2D eigenvalue weighted by Gasteiger charge is -2.17. The summed E-state index contributed by atoms with van der Waals surface area (Å²) in [4.78, 5) is 12.0. The smallest absolute Gasteiger partial charge is 0.336 e. The minimum absolute atomic E-state index is 0.0864. The van der Waals surface area contributed by atoms with Gasteiger partial charge in [0.1, 0.15) is 0 Å². The molecule has 3 aromatic rings. The zero-order valence-corrected chi connectivity index (χ0v) is 16.8. The van der Waals surface area contributed by atoms with Crippen LogP contribution in [0.15, 0.2) is 54.6 Å². The van der Waals surface area contributed by atoms with E-state index in [0.29, 0.717) is 17.1 Å². The van der Waals surface area contributed by atoms with Gasteiger partial charge in [-0.05, 0) is 40.6 Å². The third-order valence-electron chi connectivity index (χ3n) is 4.74. The molecule has 0 atom stereocenters. The van der Waals surface area contributed by atoms with Crippen LogP contribution in [0.25, 0.3) is 22.4 Å². The number of hydrogen-bond donors (Lipinski definition) is 1. The maximum atomic E-state index is 12.0. The van der Waals surface area contributed by atoms with E-state index in [1.807, 2.05) is 36.4 Å². The van der Waals surface area contributed by atoms with Crippen molar-refractivity contribution in [3.63, 3.8) is 0 Å². The van der Waals surface area contributed by atoms with Crippen molar-refractivity contribution in [3.8, 4) is 11.5 Å². The van der Waals surface area contributed by atoms with Crippen LogP contribution in [0.2, 0.25) is 0 Å². The maximum absolute atomic E-state index is 12.0. The van der Waals surface area contributed by atoms with Gasteiger partial charge in [0, 0.05) is 12.5 Å². The minimum Gasteiger partial charge on any atom is -0.493 e. The molecule has 0 saturated carbocycles. The Morgan fingerprint density at radius 2 is 1.83 bits per heavy atom. The summed E-state index contributed by atoms with van der Waals surface area (Å²) in [6, 6.07) is 16.8. The van der Waals surface area contributed by atoms with E-state index in [9.17, 15) is 9.90 Å². The fourth-order valence-electron chi connectivity index (χ4n) is 3.39. The molecular weight excluding hydrogens is 368 g/mol. The van der Waals surface area contributed by atoms with Crippen LogP contribution in [0.1, 0.15) is 23.6 Å². The molecule has 1 N–H and O–H groups in total. The maximum Gasteiger partial charge on any atom is 0.336 e. The summed E-state index contributed by atoms with van der Waals surface area (Å²) in [7, 11) is 3.13. The summed E-state index contributed by atoms with van der Waals surface area (Å²) >= 11 is 0. The molecule has 0 heterocycles. The van der Waals surface area contributed by atoms with Crippen LogP contribution in [-0.2, 0) is 16.0 Å². The van der Waals surface area contributed by atoms with Gasteiger partial charge in [0.15, 0.2) is 18.3 Å². The van der Waals surface area contributed by atoms with E-state index in [1.165, 1.54) is 0 Å². The van der Waals surface area contributed by atoms with Crippen molar-refractivity contribution in [2.24, 2.45) is 0 Å². The van der Waals surface area contributed by atoms with Gasteiger partial charge in [-0.2, -0.15) is 0 Å². The quantitative estimate of drug-likeness (QED) is 0.331. The first-order valence-electron chi connectivity index (χ1n) is 9.35. The van der Waals surface area contributed by atoms with E-state index in [-0.39, 0.29) is 12.4 Å². The Bertz CT molecular complexity index is 1040. The molecule has 5 heteroatoms. The summed E-state index contributed by atoms with van der Waals surface area (Å²) in [5.74, 6) is 0.129.